The topological polar surface area (TPSA) is 32.3 Å². The summed E-state index contributed by atoms with van der Waals surface area (Å²) in [5.41, 5.74) is -14.5. The summed E-state index contributed by atoms with van der Waals surface area (Å²) >= 11 is 0. The van der Waals surface area contributed by atoms with Crippen LogP contribution in [0.3, 0.4) is 0 Å². The molecule has 33 heavy (non-hydrogen) atoms. The standard InChI is InChI=1S/C18H8F12O2P/c19-15(20,21)13(31,16(22,23)24)9-5-1-3-7-11(9)33-12-8-4-2-6-10(12)14(32-33,17(25,26)27)18(28,29)30/h1-8H/q-1/p+1. The molecule has 2 aromatic rings. The molecule has 0 fully saturated rings. The van der Waals surface area contributed by atoms with Gasteiger partial charge in [0.2, 0.25) is 8.15 Å². The second kappa shape index (κ2) is 7.47. The Morgan fingerprint density at radius 2 is 1.06 bits per heavy atom. The quantitative estimate of drug-likeness (QED) is 0.425. The zero-order valence-corrected chi connectivity index (χ0v) is 16.5. The Morgan fingerprint density at radius 1 is 0.636 bits per heavy atom. The fraction of sp³-hybridized carbons (Fsp3) is 0.333. The number of rotatable bonds is 2. The minimum atomic E-state index is -6.53. The average molecular weight is 516 g/mol. The van der Waals surface area contributed by atoms with E-state index in [-0.39, 0.29) is 6.07 Å². The molecular formula is C18H9F12O2P. The van der Waals surface area contributed by atoms with E-state index in [2.05, 4.69) is 4.52 Å². The van der Waals surface area contributed by atoms with Crippen LogP contribution in [-0.2, 0) is 15.7 Å². The molecule has 0 saturated carbocycles. The SMILES string of the molecule is [O-]C(c1ccccc1[PH+]1OC(C(F)(F)F)(C(F)(F)F)c2ccccc21)(C(F)(F)F)C(F)(F)F. The summed E-state index contributed by atoms with van der Waals surface area (Å²) in [5, 5.41) is 10.0. The van der Waals surface area contributed by atoms with Crippen LogP contribution in [-0.4, -0.2) is 24.7 Å². The predicted octanol–water partition coefficient (Wildman–Crippen LogP) is 4.80. The Hall–Kier alpha value is -2.05. The van der Waals surface area contributed by atoms with Crippen molar-refractivity contribution in [3.63, 3.8) is 0 Å². The third kappa shape index (κ3) is 3.57. The summed E-state index contributed by atoms with van der Waals surface area (Å²) < 4.78 is 167. The van der Waals surface area contributed by atoms with Gasteiger partial charge in [-0.3, -0.25) is 0 Å². The molecule has 15 heteroatoms. The van der Waals surface area contributed by atoms with Crippen molar-refractivity contribution in [2.24, 2.45) is 0 Å². The molecule has 1 aliphatic heterocycles. The zero-order valence-electron chi connectivity index (χ0n) is 15.5. The first-order valence-electron chi connectivity index (χ1n) is 8.53. The van der Waals surface area contributed by atoms with E-state index in [1.807, 2.05) is 0 Å². The van der Waals surface area contributed by atoms with E-state index in [0.717, 1.165) is 18.2 Å². The summed E-state index contributed by atoms with van der Waals surface area (Å²) in [4.78, 5) is 0. The van der Waals surface area contributed by atoms with Crippen molar-refractivity contribution in [1.82, 2.24) is 0 Å². The molecule has 0 radical (unpaired) electrons. The average Bonchev–Trinajstić information content (AvgIpc) is 3.02. The number of benzene rings is 2. The molecule has 2 aromatic carbocycles. The first kappa shape index (κ1) is 25.6. The van der Waals surface area contributed by atoms with E-state index in [1.165, 1.54) is 0 Å². The molecule has 0 N–H and O–H groups in total. The third-order valence-corrected chi connectivity index (χ3v) is 7.31. The maximum atomic E-state index is 13.7. The summed E-state index contributed by atoms with van der Waals surface area (Å²) in [7, 11) is -4.09. The van der Waals surface area contributed by atoms with E-state index in [4.69, 9.17) is 0 Å². The highest BCUT2D eigenvalue weighted by molar-refractivity contribution is 7.69. The smallest absolute Gasteiger partial charge is 0.435 e. The number of fused-ring (bicyclic) bond motifs is 1. The van der Waals surface area contributed by atoms with Crippen molar-refractivity contribution >= 4 is 18.8 Å². The summed E-state index contributed by atoms with van der Waals surface area (Å²) in [5.74, 6) is 0. The molecule has 0 aliphatic carbocycles. The van der Waals surface area contributed by atoms with Gasteiger partial charge >= 0.3 is 30.3 Å². The van der Waals surface area contributed by atoms with Crippen LogP contribution in [0.2, 0.25) is 0 Å². The highest BCUT2D eigenvalue weighted by atomic mass is 31.1. The first-order chi connectivity index (χ1) is 14.8. The van der Waals surface area contributed by atoms with Crippen LogP contribution in [0.1, 0.15) is 11.1 Å². The molecule has 0 bridgehead atoms. The molecule has 0 spiro atoms. The van der Waals surface area contributed by atoms with Gasteiger partial charge in [-0.05, 0) is 12.1 Å². The molecule has 1 unspecified atom stereocenters. The Morgan fingerprint density at radius 3 is 1.52 bits per heavy atom. The third-order valence-electron chi connectivity index (χ3n) is 4.95. The van der Waals surface area contributed by atoms with Crippen LogP contribution in [0.15, 0.2) is 48.5 Å². The molecule has 0 saturated heterocycles. The summed E-state index contributed by atoms with van der Waals surface area (Å²) in [6.45, 7) is 0. The summed E-state index contributed by atoms with van der Waals surface area (Å²) in [6, 6.07) is 4.60. The zero-order chi connectivity index (χ0) is 25.3. The van der Waals surface area contributed by atoms with Gasteiger partial charge in [-0.1, -0.05) is 36.4 Å². The van der Waals surface area contributed by atoms with Crippen LogP contribution >= 0.6 is 8.15 Å². The molecule has 2 nitrogen and oxygen atoms in total. The molecule has 3 rings (SSSR count). The fourth-order valence-electron chi connectivity index (χ4n) is 3.49. The van der Waals surface area contributed by atoms with Crippen LogP contribution in [0.25, 0.3) is 0 Å². The highest BCUT2D eigenvalue weighted by Crippen LogP contribution is 2.64. The minimum Gasteiger partial charge on any atom is -0.833 e. The van der Waals surface area contributed by atoms with Crippen molar-refractivity contribution in [2.45, 2.75) is 35.9 Å². The lowest BCUT2D eigenvalue weighted by molar-refractivity contribution is -0.604. The van der Waals surface area contributed by atoms with Gasteiger partial charge < -0.3 is 5.11 Å². The highest BCUT2D eigenvalue weighted by Gasteiger charge is 2.80. The Bertz CT molecular complexity index is 1010. The maximum absolute atomic E-state index is 13.7. The number of hydrogen-bond acceptors (Lipinski definition) is 2. The van der Waals surface area contributed by atoms with Crippen LogP contribution in [0.5, 0.6) is 0 Å². The second-order valence-electron chi connectivity index (χ2n) is 6.88. The van der Waals surface area contributed by atoms with Crippen LogP contribution in [0, 0.1) is 0 Å². The lowest BCUT2D eigenvalue weighted by Gasteiger charge is -2.43. The molecule has 0 amide bonds. The van der Waals surface area contributed by atoms with Gasteiger partial charge in [0.05, 0.1) is 5.56 Å². The van der Waals surface area contributed by atoms with Gasteiger partial charge in [-0.15, -0.1) is 0 Å². The van der Waals surface area contributed by atoms with Crippen molar-refractivity contribution in [1.29, 1.82) is 0 Å². The number of hydrogen-bond donors (Lipinski definition) is 0. The van der Waals surface area contributed by atoms with Gasteiger partial charge in [0.15, 0.2) is 0 Å². The Kier molecular flexibility index (Phi) is 5.79. The second-order valence-corrected chi connectivity index (χ2v) is 8.82. The number of halogens is 12. The molecular weight excluding hydrogens is 507 g/mol. The van der Waals surface area contributed by atoms with Crippen molar-refractivity contribution in [2.75, 3.05) is 0 Å². The monoisotopic (exact) mass is 516 g/mol. The fourth-order valence-corrected chi connectivity index (χ4v) is 6.15. The molecule has 1 atom stereocenters. The molecule has 1 aliphatic rings. The lowest BCUT2D eigenvalue weighted by atomic mass is 9.92. The lowest BCUT2D eigenvalue weighted by Crippen LogP contribution is -2.64. The largest absolute Gasteiger partial charge is 0.833 e. The van der Waals surface area contributed by atoms with Crippen LogP contribution < -0.4 is 15.7 Å². The van der Waals surface area contributed by atoms with Gasteiger partial charge in [0.25, 0.3) is 0 Å². The minimum absolute atomic E-state index is 0.0636. The van der Waals surface area contributed by atoms with Crippen LogP contribution in [0.4, 0.5) is 52.7 Å². The molecule has 0 aromatic heterocycles. The molecule has 182 valence electrons. The van der Waals surface area contributed by atoms with E-state index in [0.29, 0.717) is 24.3 Å². The van der Waals surface area contributed by atoms with Gasteiger partial charge in [-0.25, -0.2) is 0 Å². The van der Waals surface area contributed by atoms with Crippen molar-refractivity contribution in [3.8, 4) is 0 Å². The summed E-state index contributed by atoms with van der Waals surface area (Å²) in [6.07, 6.45) is -25.4. The van der Waals surface area contributed by atoms with E-state index in [9.17, 15) is 57.8 Å². The van der Waals surface area contributed by atoms with E-state index >= 15 is 0 Å². The van der Waals surface area contributed by atoms with Gasteiger partial charge in [0.1, 0.15) is 16.2 Å². The van der Waals surface area contributed by atoms with Crippen molar-refractivity contribution < 1.29 is 62.3 Å². The van der Waals surface area contributed by atoms with E-state index in [1.54, 1.807) is 0 Å². The molecule has 1 heterocycles. The first-order valence-corrected chi connectivity index (χ1v) is 9.94. The van der Waals surface area contributed by atoms with Gasteiger partial charge in [-0.2, -0.15) is 57.2 Å². The predicted molar refractivity (Wildman–Crippen MR) is 89.1 cm³/mol. The normalized spacial score (nSPS) is 19.5. The van der Waals surface area contributed by atoms with E-state index < -0.39 is 65.8 Å². The Balaban J connectivity index is 2.36. The maximum Gasteiger partial charge on any atom is 0.435 e. The number of alkyl halides is 12. The van der Waals surface area contributed by atoms with Gasteiger partial charge in [0, 0.05) is 5.56 Å². The van der Waals surface area contributed by atoms with Crippen molar-refractivity contribution in [3.05, 3.63) is 59.7 Å². The Labute approximate surface area is 177 Å².